The van der Waals surface area contributed by atoms with E-state index < -0.39 is 0 Å². The van der Waals surface area contributed by atoms with Crippen LogP contribution in [0.15, 0.2) is 44.9 Å². The Morgan fingerprint density at radius 2 is 2.00 bits per heavy atom. The monoisotopic (exact) mass is 396 g/mol. The van der Waals surface area contributed by atoms with Gasteiger partial charge in [-0.15, -0.1) is 0 Å². The van der Waals surface area contributed by atoms with Crippen LogP contribution in [0.4, 0.5) is 17.5 Å². The van der Waals surface area contributed by atoms with Crippen molar-refractivity contribution in [3.8, 4) is 0 Å². The van der Waals surface area contributed by atoms with Crippen LogP contribution in [0.5, 0.6) is 0 Å². The molecule has 1 saturated carbocycles. The molecule has 1 aliphatic rings. The van der Waals surface area contributed by atoms with Gasteiger partial charge >= 0.3 is 0 Å². The van der Waals surface area contributed by atoms with Crippen molar-refractivity contribution in [3.05, 3.63) is 41.9 Å². The Balaban J connectivity index is 1.47. The fraction of sp³-hybridized carbons (Fsp3) is 0.316. The molecule has 0 unspecified atom stereocenters. The van der Waals surface area contributed by atoms with E-state index in [2.05, 4.69) is 30.7 Å². The third-order valence-electron chi connectivity index (χ3n) is 4.12. The highest BCUT2D eigenvalue weighted by molar-refractivity contribution is 7.99. The molecule has 1 aromatic carbocycles. The molecule has 2 aromatic heterocycles. The van der Waals surface area contributed by atoms with Crippen LogP contribution in [0.3, 0.4) is 0 Å². The summed E-state index contributed by atoms with van der Waals surface area (Å²) in [6.45, 7) is 3.81. The van der Waals surface area contributed by atoms with Gasteiger partial charge in [-0.05, 0) is 55.8 Å². The predicted octanol–water partition coefficient (Wildman–Crippen LogP) is 3.97. The fourth-order valence-electron chi connectivity index (χ4n) is 2.50. The number of hydrogen-bond donors (Lipinski definition) is 2. The van der Waals surface area contributed by atoms with Crippen molar-refractivity contribution in [2.45, 2.75) is 43.2 Å². The lowest BCUT2D eigenvalue weighted by molar-refractivity contribution is -0.117. The van der Waals surface area contributed by atoms with Crippen LogP contribution in [0, 0.1) is 12.8 Å². The van der Waals surface area contributed by atoms with Crippen LogP contribution in [0.1, 0.15) is 31.4 Å². The van der Waals surface area contributed by atoms with Crippen molar-refractivity contribution in [2.24, 2.45) is 5.92 Å². The molecular weight excluding hydrogens is 376 g/mol. The number of benzene rings is 1. The van der Waals surface area contributed by atoms with Gasteiger partial charge in [0.05, 0.1) is 0 Å². The summed E-state index contributed by atoms with van der Waals surface area (Å²) in [7, 11) is 0. The molecule has 9 heteroatoms. The second-order valence-corrected chi connectivity index (χ2v) is 7.59. The van der Waals surface area contributed by atoms with Gasteiger partial charge in [-0.3, -0.25) is 4.79 Å². The highest BCUT2D eigenvalue weighted by Crippen LogP contribution is 2.31. The maximum atomic E-state index is 11.8. The van der Waals surface area contributed by atoms with Crippen LogP contribution >= 0.6 is 11.8 Å². The van der Waals surface area contributed by atoms with Crippen molar-refractivity contribution in [3.63, 3.8) is 0 Å². The van der Waals surface area contributed by atoms with Gasteiger partial charge in [-0.2, -0.15) is 9.97 Å². The average Bonchev–Trinajstić information content (AvgIpc) is 3.46. The lowest BCUT2D eigenvalue weighted by Crippen LogP contribution is -2.12. The van der Waals surface area contributed by atoms with Crippen molar-refractivity contribution in [1.82, 2.24) is 20.1 Å². The summed E-state index contributed by atoms with van der Waals surface area (Å²) in [5.74, 6) is 2.66. The molecule has 0 bridgehead atoms. The highest BCUT2D eigenvalue weighted by atomic mass is 32.2. The summed E-state index contributed by atoms with van der Waals surface area (Å²) in [5.41, 5.74) is 0.801. The quantitative estimate of drug-likeness (QED) is 0.618. The van der Waals surface area contributed by atoms with E-state index in [1.165, 1.54) is 11.8 Å². The Morgan fingerprint density at radius 3 is 2.64 bits per heavy atom. The van der Waals surface area contributed by atoms with Gasteiger partial charge in [0.2, 0.25) is 11.9 Å². The smallest absolute Gasteiger partial charge is 0.232 e. The third kappa shape index (κ3) is 4.66. The Morgan fingerprint density at radius 1 is 1.21 bits per heavy atom. The number of anilines is 3. The molecule has 4 rings (SSSR count). The molecule has 1 amide bonds. The van der Waals surface area contributed by atoms with E-state index in [1.54, 1.807) is 6.07 Å². The van der Waals surface area contributed by atoms with Crippen LogP contribution in [-0.4, -0.2) is 26.0 Å². The molecule has 1 fully saturated rings. The first-order chi connectivity index (χ1) is 13.6. The number of carbonyl (C=O) groups is 1. The molecular formula is C19H20N6O2S. The van der Waals surface area contributed by atoms with Crippen molar-refractivity contribution < 1.29 is 9.32 Å². The average molecular weight is 396 g/mol. The third-order valence-corrected chi connectivity index (χ3v) is 5.00. The highest BCUT2D eigenvalue weighted by Gasteiger charge is 2.29. The number of aromatic nitrogens is 4. The van der Waals surface area contributed by atoms with Crippen LogP contribution in [0.2, 0.25) is 0 Å². The molecule has 0 atom stereocenters. The number of amides is 1. The molecule has 2 N–H and O–H groups in total. The van der Waals surface area contributed by atoms with Crippen molar-refractivity contribution in [1.29, 1.82) is 0 Å². The molecule has 0 radical (unpaired) electrons. The van der Waals surface area contributed by atoms with Gasteiger partial charge in [-0.25, -0.2) is 4.98 Å². The molecule has 0 spiro atoms. The van der Waals surface area contributed by atoms with Gasteiger partial charge in [-0.1, -0.05) is 12.1 Å². The Kier molecular flexibility index (Phi) is 5.25. The minimum Gasteiger partial charge on any atom is -0.360 e. The van der Waals surface area contributed by atoms with E-state index in [1.807, 2.05) is 38.1 Å². The van der Waals surface area contributed by atoms with E-state index >= 15 is 0 Å². The summed E-state index contributed by atoms with van der Waals surface area (Å²) in [4.78, 5) is 26.2. The molecule has 144 valence electrons. The van der Waals surface area contributed by atoms with E-state index in [4.69, 9.17) is 4.52 Å². The Bertz CT molecular complexity index is 984. The van der Waals surface area contributed by atoms with E-state index in [0.717, 1.165) is 23.4 Å². The summed E-state index contributed by atoms with van der Waals surface area (Å²) in [6, 6.07) is 9.44. The second kappa shape index (κ2) is 7.97. The number of rotatable bonds is 7. The van der Waals surface area contributed by atoms with Crippen molar-refractivity contribution >= 4 is 35.1 Å². The maximum absolute atomic E-state index is 11.8. The molecule has 8 nitrogen and oxygen atoms in total. The molecule has 0 aliphatic heterocycles. The second-order valence-electron chi connectivity index (χ2n) is 6.55. The zero-order valence-corrected chi connectivity index (χ0v) is 16.4. The number of nitrogens with one attached hydrogen (secondary N) is 2. The van der Waals surface area contributed by atoms with Gasteiger partial charge in [0.1, 0.15) is 11.6 Å². The van der Waals surface area contributed by atoms with Crippen LogP contribution in [0.25, 0.3) is 0 Å². The van der Waals surface area contributed by atoms with Crippen LogP contribution < -0.4 is 10.6 Å². The summed E-state index contributed by atoms with van der Waals surface area (Å²) < 4.78 is 5.06. The summed E-state index contributed by atoms with van der Waals surface area (Å²) >= 11 is 1.43. The zero-order valence-electron chi connectivity index (χ0n) is 15.6. The summed E-state index contributed by atoms with van der Waals surface area (Å²) in [5, 5.41) is 10.5. The van der Waals surface area contributed by atoms with E-state index in [0.29, 0.717) is 34.9 Å². The number of carbonyl (C=O) groups excluding carboxylic acids is 1. The van der Waals surface area contributed by atoms with Crippen molar-refractivity contribution in [2.75, 3.05) is 10.6 Å². The number of nitrogens with zero attached hydrogens (tertiary/aromatic N) is 4. The molecule has 1 aliphatic carbocycles. The number of aryl methyl sites for hydroxylation is 2. The lowest BCUT2D eigenvalue weighted by atomic mass is 10.3. The predicted molar refractivity (Wildman–Crippen MR) is 106 cm³/mol. The van der Waals surface area contributed by atoms with E-state index in [-0.39, 0.29) is 11.8 Å². The summed E-state index contributed by atoms with van der Waals surface area (Å²) in [6.07, 6.45) is 2.67. The largest absolute Gasteiger partial charge is 0.360 e. The lowest BCUT2D eigenvalue weighted by Gasteiger charge is -2.07. The standard InChI is InChI=1S/C19H20N6O2S/c1-3-15-21-18(22-16-10-11(2)27-25-16)24-19(23-15)28-14-8-6-13(7-9-14)20-17(26)12-4-5-12/h6-10,12H,3-5H2,1-2H3,(H,20,26)(H,21,22,23,24,25). The minimum absolute atomic E-state index is 0.101. The molecule has 0 saturated heterocycles. The van der Waals surface area contributed by atoms with Gasteiger partial charge < -0.3 is 15.2 Å². The molecule has 28 heavy (non-hydrogen) atoms. The normalized spacial score (nSPS) is 13.4. The minimum atomic E-state index is 0.101. The van der Waals surface area contributed by atoms with E-state index in [9.17, 15) is 4.79 Å². The first kappa shape index (κ1) is 18.4. The number of hydrogen-bond acceptors (Lipinski definition) is 8. The maximum Gasteiger partial charge on any atom is 0.232 e. The zero-order chi connectivity index (χ0) is 19.5. The molecule has 3 aromatic rings. The fourth-order valence-corrected chi connectivity index (χ4v) is 3.27. The first-order valence-corrected chi connectivity index (χ1v) is 9.95. The topological polar surface area (TPSA) is 106 Å². The Labute approximate surface area is 166 Å². The SMILES string of the molecule is CCc1nc(Nc2cc(C)on2)nc(Sc2ccc(NC(=O)C3CC3)cc2)n1. The Hall–Kier alpha value is -2.94. The molecule has 2 heterocycles. The van der Waals surface area contributed by atoms with Gasteiger partial charge in [0, 0.05) is 29.0 Å². The van der Waals surface area contributed by atoms with Gasteiger partial charge in [0.15, 0.2) is 11.0 Å². The first-order valence-electron chi connectivity index (χ1n) is 9.13. The van der Waals surface area contributed by atoms with Crippen LogP contribution in [-0.2, 0) is 11.2 Å². The van der Waals surface area contributed by atoms with Gasteiger partial charge in [0.25, 0.3) is 0 Å².